The Morgan fingerprint density at radius 2 is 2.05 bits per heavy atom. The number of para-hydroxylation sites is 1. The molecule has 2 aromatic rings. The summed E-state index contributed by atoms with van der Waals surface area (Å²) in [6.45, 7) is -0.436. The van der Waals surface area contributed by atoms with E-state index in [1.807, 2.05) is 0 Å². The van der Waals surface area contributed by atoms with Gasteiger partial charge in [0.05, 0.1) is 0 Å². The molecule has 0 saturated heterocycles. The molecule has 7 nitrogen and oxygen atoms in total. The summed E-state index contributed by atoms with van der Waals surface area (Å²) in [4.78, 5) is 24.0. The summed E-state index contributed by atoms with van der Waals surface area (Å²) in [5, 5.41) is 18.9. The maximum absolute atomic E-state index is 12.0. The molecule has 2 rings (SSSR count). The van der Waals surface area contributed by atoms with Crippen LogP contribution in [-0.2, 0) is 4.79 Å². The van der Waals surface area contributed by atoms with Gasteiger partial charge in [0.1, 0.15) is 12.1 Å². The SMILES string of the molecule is O=C(O)CN(C(=O)Nc1nncs1)c1ccccc1. The van der Waals surface area contributed by atoms with Crippen LogP contribution in [0.15, 0.2) is 35.8 Å². The zero-order valence-corrected chi connectivity index (χ0v) is 10.5. The predicted octanol–water partition coefficient (Wildman–Crippen LogP) is 1.66. The van der Waals surface area contributed by atoms with Crippen molar-refractivity contribution in [2.24, 2.45) is 0 Å². The molecule has 1 aromatic carbocycles. The Hall–Kier alpha value is -2.48. The van der Waals surface area contributed by atoms with Crippen molar-refractivity contribution in [1.82, 2.24) is 10.2 Å². The summed E-state index contributed by atoms with van der Waals surface area (Å²) in [6.07, 6.45) is 0. The first-order valence-electron chi connectivity index (χ1n) is 5.28. The van der Waals surface area contributed by atoms with Gasteiger partial charge in [0.15, 0.2) is 0 Å². The van der Waals surface area contributed by atoms with Gasteiger partial charge in [-0.25, -0.2) is 4.79 Å². The van der Waals surface area contributed by atoms with Crippen LogP contribution < -0.4 is 10.2 Å². The van der Waals surface area contributed by atoms with Crippen LogP contribution >= 0.6 is 11.3 Å². The van der Waals surface area contributed by atoms with Gasteiger partial charge in [-0.2, -0.15) is 0 Å². The Kier molecular flexibility index (Phi) is 4.04. The van der Waals surface area contributed by atoms with Crippen LogP contribution in [0.3, 0.4) is 0 Å². The lowest BCUT2D eigenvalue weighted by Crippen LogP contribution is -2.38. The Morgan fingerprint density at radius 1 is 1.32 bits per heavy atom. The van der Waals surface area contributed by atoms with Crippen molar-refractivity contribution < 1.29 is 14.7 Å². The van der Waals surface area contributed by atoms with Gasteiger partial charge in [0, 0.05) is 5.69 Å². The molecule has 0 aliphatic rings. The molecule has 0 bridgehead atoms. The summed E-state index contributed by atoms with van der Waals surface area (Å²) < 4.78 is 0. The van der Waals surface area contributed by atoms with Crippen LogP contribution in [-0.4, -0.2) is 33.8 Å². The highest BCUT2D eigenvalue weighted by Crippen LogP contribution is 2.16. The number of nitrogens with zero attached hydrogens (tertiary/aromatic N) is 3. The zero-order valence-electron chi connectivity index (χ0n) is 9.68. The van der Waals surface area contributed by atoms with Crippen molar-refractivity contribution in [1.29, 1.82) is 0 Å². The third kappa shape index (κ3) is 3.49. The van der Waals surface area contributed by atoms with Crippen molar-refractivity contribution in [3.63, 3.8) is 0 Å². The number of carboxylic acid groups (broad SMARTS) is 1. The normalized spacial score (nSPS) is 9.89. The maximum Gasteiger partial charge on any atom is 0.328 e. The Morgan fingerprint density at radius 3 is 2.63 bits per heavy atom. The zero-order chi connectivity index (χ0) is 13.7. The average Bonchev–Trinajstić information content (AvgIpc) is 2.89. The summed E-state index contributed by atoms with van der Waals surface area (Å²) in [6, 6.07) is 7.98. The van der Waals surface area contributed by atoms with E-state index >= 15 is 0 Å². The molecule has 1 aromatic heterocycles. The van der Waals surface area contributed by atoms with E-state index in [0.29, 0.717) is 10.8 Å². The summed E-state index contributed by atoms with van der Waals surface area (Å²) >= 11 is 1.15. The van der Waals surface area contributed by atoms with Crippen LogP contribution in [0.1, 0.15) is 0 Å². The standard InChI is InChI=1S/C11H10N4O3S/c16-9(17)6-15(8-4-2-1-3-5-8)11(18)13-10-14-12-7-19-10/h1-5,7H,6H2,(H,16,17)(H,13,14,18). The van der Waals surface area contributed by atoms with E-state index in [-0.39, 0.29) is 0 Å². The quantitative estimate of drug-likeness (QED) is 0.886. The van der Waals surface area contributed by atoms with Gasteiger partial charge in [-0.15, -0.1) is 10.2 Å². The number of benzene rings is 1. The third-order valence-electron chi connectivity index (χ3n) is 2.18. The molecule has 2 amide bonds. The Balaban J connectivity index is 2.18. The minimum absolute atomic E-state index is 0.316. The molecule has 0 spiro atoms. The highest BCUT2D eigenvalue weighted by molar-refractivity contribution is 7.13. The molecule has 0 saturated carbocycles. The Bertz CT molecular complexity index is 559. The number of carbonyl (C=O) groups excluding carboxylic acids is 1. The van der Waals surface area contributed by atoms with E-state index in [1.165, 1.54) is 5.51 Å². The van der Waals surface area contributed by atoms with Gasteiger partial charge < -0.3 is 5.11 Å². The first kappa shape index (κ1) is 13.0. The van der Waals surface area contributed by atoms with Crippen LogP contribution in [0.2, 0.25) is 0 Å². The lowest BCUT2D eigenvalue weighted by atomic mass is 10.3. The topological polar surface area (TPSA) is 95.4 Å². The number of hydrogen-bond donors (Lipinski definition) is 2. The number of carboxylic acids is 1. The number of hydrogen-bond acceptors (Lipinski definition) is 5. The molecule has 0 radical (unpaired) electrons. The number of aliphatic carboxylic acids is 1. The first-order valence-corrected chi connectivity index (χ1v) is 6.16. The highest BCUT2D eigenvalue weighted by Gasteiger charge is 2.19. The lowest BCUT2D eigenvalue weighted by molar-refractivity contribution is -0.135. The molecule has 98 valence electrons. The van der Waals surface area contributed by atoms with E-state index < -0.39 is 18.5 Å². The molecule has 1 heterocycles. The molecule has 0 aliphatic carbocycles. The van der Waals surface area contributed by atoms with Crippen LogP contribution in [0.5, 0.6) is 0 Å². The fraction of sp³-hybridized carbons (Fsp3) is 0.0909. The molecular weight excluding hydrogens is 268 g/mol. The van der Waals surface area contributed by atoms with E-state index in [2.05, 4.69) is 15.5 Å². The van der Waals surface area contributed by atoms with E-state index in [1.54, 1.807) is 30.3 Å². The van der Waals surface area contributed by atoms with E-state index in [9.17, 15) is 9.59 Å². The number of rotatable bonds is 4. The number of aromatic nitrogens is 2. The minimum atomic E-state index is -1.10. The molecule has 0 fully saturated rings. The van der Waals surface area contributed by atoms with Crippen LogP contribution in [0.25, 0.3) is 0 Å². The van der Waals surface area contributed by atoms with Gasteiger partial charge >= 0.3 is 12.0 Å². The van der Waals surface area contributed by atoms with E-state index in [4.69, 9.17) is 5.11 Å². The third-order valence-corrected chi connectivity index (χ3v) is 2.79. The number of amides is 2. The fourth-order valence-electron chi connectivity index (χ4n) is 1.41. The number of nitrogens with one attached hydrogen (secondary N) is 1. The first-order chi connectivity index (χ1) is 9.16. The van der Waals surface area contributed by atoms with Gasteiger partial charge in [0.2, 0.25) is 5.13 Å². The predicted molar refractivity (Wildman–Crippen MR) is 70.4 cm³/mol. The number of carbonyl (C=O) groups is 2. The maximum atomic E-state index is 12.0. The summed E-state index contributed by atoms with van der Waals surface area (Å²) in [5.41, 5.74) is 1.96. The minimum Gasteiger partial charge on any atom is -0.480 e. The van der Waals surface area contributed by atoms with Crippen molar-refractivity contribution in [3.8, 4) is 0 Å². The lowest BCUT2D eigenvalue weighted by Gasteiger charge is -2.20. The van der Waals surface area contributed by atoms with Crippen LogP contribution in [0, 0.1) is 0 Å². The van der Waals surface area contributed by atoms with E-state index in [0.717, 1.165) is 16.2 Å². The van der Waals surface area contributed by atoms with Crippen LogP contribution in [0.4, 0.5) is 15.6 Å². The van der Waals surface area contributed by atoms with Gasteiger partial charge in [-0.05, 0) is 12.1 Å². The van der Waals surface area contributed by atoms with Gasteiger partial charge in [0.25, 0.3) is 0 Å². The van der Waals surface area contributed by atoms with Gasteiger partial charge in [-0.1, -0.05) is 29.5 Å². The second-order valence-corrected chi connectivity index (χ2v) is 4.32. The van der Waals surface area contributed by atoms with Gasteiger partial charge in [-0.3, -0.25) is 15.0 Å². The van der Waals surface area contributed by atoms with Crippen molar-refractivity contribution in [3.05, 3.63) is 35.8 Å². The summed E-state index contributed by atoms with van der Waals surface area (Å²) in [5.74, 6) is -1.10. The fourth-order valence-corrected chi connectivity index (χ4v) is 1.84. The Labute approximate surface area is 112 Å². The number of urea groups is 1. The second kappa shape index (κ2) is 5.91. The monoisotopic (exact) mass is 278 g/mol. The molecular formula is C11H10N4O3S. The molecule has 2 N–H and O–H groups in total. The molecule has 19 heavy (non-hydrogen) atoms. The average molecular weight is 278 g/mol. The smallest absolute Gasteiger partial charge is 0.328 e. The molecule has 8 heteroatoms. The molecule has 0 unspecified atom stereocenters. The highest BCUT2D eigenvalue weighted by atomic mass is 32.1. The largest absolute Gasteiger partial charge is 0.480 e. The van der Waals surface area contributed by atoms with Crippen molar-refractivity contribution in [2.75, 3.05) is 16.8 Å². The second-order valence-electron chi connectivity index (χ2n) is 3.49. The van der Waals surface area contributed by atoms with Crippen molar-refractivity contribution >= 4 is 34.2 Å². The summed E-state index contributed by atoms with van der Waals surface area (Å²) in [7, 11) is 0. The number of anilines is 2. The molecule has 0 atom stereocenters. The van der Waals surface area contributed by atoms with Crippen molar-refractivity contribution in [2.45, 2.75) is 0 Å². The molecule has 0 aliphatic heterocycles.